The van der Waals surface area contributed by atoms with Crippen molar-refractivity contribution in [3.05, 3.63) is 70.0 Å². The molecule has 0 bridgehead atoms. The van der Waals surface area contributed by atoms with Crippen LogP contribution in [0.3, 0.4) is 0 Å². The van der Waals surface area contributed by atoms with Crippen molar-refractivity contribution in [3.8, 4) is 0 Å². The van der Waals surface area contributed by atoms with Gasteiger partial charge in [-0.15, -0.1) is 0 Å². The van der Waals surface area contributed by atoms with E-state index in [0.29, 0.717) is 17.7 Å². The van der Waals surface area contributed by atoms with Crippen molar-refractivity contribution < 1.29 is 9.72 Å². The summed E-state index contributed by atoms with van der Waals surface area (Å²) in [7, 11) is 1.65. The van der Waals surface area contributed by atoms with E-state index in [9.17, 15) is 14.9 Å². The van der Waals surface area contributed by atoms with Gasteiger partial charge in [0, 0.05) is 38.1 Å². The summed E-state index contributed by atoms with van der Waals surface area (Å²) in [4.78, 5) is 27.8. The van der Waals surface area contributed by atoms with E-state index in [4.69, 9.17) is 0 Å². The van der Waals surface area contributed by atoms with Gasteiger partial charge in [-0.25, -0.2) is 0 Å². The lowest BCUT2D eigenvalue weighted by atomic mass is 10.2. The molecular weight excluding hydrogens is 258 g/mol. The Bertz CT molecular complexity index is 629. The topological polar surface area (TPSA) is 76.3 Å². The highest BCUT2D eigenvalue weighted by atomic mass is 16.6. The summed E-state index contributed by atoms with van der Waals surface area (Å²) in [5.41, 5.74) is 1.21. The molecule has 102 valence electrons. The number of hydrogen-bond donors (Lipinski definition) is 0. The average Bonchev–Trinajstić information content (AvgIpc) is 2.47. The number of pyridine rings is 1. The molecule has 0 unspecified atom stereocenters. The fraction of sp³-hybridized carbons (Fsp3) is 0.143. The van der Waals surface area contributed by atoms with Crippen LogP contribution in [0.5, 0.6) is 0 Å². The molecule has 0 aliphatic rings. The molecule has 0 saturated carbocycles. The van der Waals surface area contributed by atoms with Gasteiger partial charge in [0.25, 0.3) is 11.6 Å². The number of carbonyl (C=O) groups excluding carboxylic acids is 1. The van der Waals surface area contributed by atoms with Crippen LogP contribution in [0.2, 0.25) is 0 Å². The van der Waals surface area contributed by atoms with E-state index < -0.39 is 4.92 Å². The van der Waals surface area contributed by atoms with Crippen molar-refractivity contribution in [3.63, 3.8) is 0 Å². The molecule has 0 aliphatic carbocycles. The molecule has 2 aromatic rings. The quantitative estimate of drug-likeness (QED) is 0.631. The Morgan fingerprint density at radius 2 is 2.15 bits per heavy atom. The van der Waals surface area contributed by atoms with Crippen LogP contribution in [0.1, 0.15) is 15.9 Å². The minimum Gasteiger partial charge on any atom is -0.337 e. The van der Waals surface area contributed by atoms with Crippen molar-refractivity contribution >= 4 is 11.6 Å². The summed E-state index contributed by atoms with van der Waals surface area (Å²) >= 11 is 0. The second kappa shape index (κ2) is 5.92. The van der Waals surface area contributed by atoms with Gasteiger partial charge in [-0.3, -0.25) is 19.9 Å². The molecule has 1 heterocycles. The lowest BCUT2D eigenvalue weighted by Gasteiger charge is -2.17. The minimum absolute atomic E-state index is 0.0183. The summed E-state index contributed by atoms with van der Waals surface area (Å²) in [6.07, 6.45) is 3.09. The first-order valence-corrected chi connectivity index (χ1v) is 5.97. The number of amides is 1. The maximum Gasteiger partial charge on any atom is 0.269 e. The molecule has 0 fully saturated rings. The molecule has 0 atom stereocenters. The molecule has 1 amide bonds. The first-order valence-electron chi connectivity index (χ1n) is 5.97. The van der Waals surface area contributed by atoms with Crippen LogP contribution < -0.4 is 0 Å². The van der Waals surface area contributed by atoms with Gasteiger partial charge in [0.15, 0.2) is 0 Å². The number of rotatable bonds is 4. The fourth-order valence-corrected chi connectivity index (χ4v) is 1.82. The number of aromatic nitrogens is 1. The number of nitro benzene ring substituents is 1. The van der Waals surface area contributed by atoms with Crippen LogP contribution in [-0.2, 0) is 6.54 Å². The molecule has 0 aliphatic heterocycles. The van der Waals surface area contributed by atoms with Crippen LogP contribution in [0, 0.1) is 10.1 Å². The fourth-order valence-electron chi connectivity index (χ4n) is 1.82. The van der Waals surface area contributed by atoms with E-state index in [1.807, 2.05) is 0 Å². The minimum atomic E-state index is -0.452. The van der Waals surface area contributed by atoms with Crippen molar-refractivity contribution in [1.29, 1.82) is 0 Å². The number of non-ortho nitro benzene ring substituents is 1. The van der Waals surface area contributed by atoms with Crippen molar-refractivity contribution in [2.24, 2.45) is 0 Å². The Labute approximate surface area is 115 Å². The molecule has 0 radical (unpaired) electrons. The highest BCUT2D eigenvalue weighted by Crippen LogP contribution is 2.15. The Morgan fingerprint density at radius 3 is 2.80 bits per heavy atom. The van der Waals surface area contributed by atoms with Crippen LogP contribution in [0.25, 0.3) is 0 Å². The van der Waals surface area contributed by atoms with Gasteiger partial charge in [0.2, 0.25) is 0 Å². The third-order valence-corrected chi connectivity index (χ3v) is 2.80. The zero-order chi connectivity index (χ0) is 14.5. The van der Waals surface area contributed by atoms with E-state index >= 15 is 0 Å². The van der Waals surface area contributed by atoms with Gasteiger partial charge in [0.05, 0.1) is 10.5 Å². The monoisotopic (exact) mass is 271 g/mol. The van der Waals surface area contributed by atoms with Gasteiger partial charge >= 0.3 is 0 Å². The van der Waals surface area contributed by atoms with Crippen LogP contribution in [0.15, 0.2) is 48.8 Å². The van der Waals surface area contributed by atoms with Gasteiger partial charge < -0.3 is 4.90 Å². The van der Waals surface area contributed by atoms with Gasteiger partial charge in [-0.2, -0.15) is 0 Å². The number of hydrogen-bond acceptors (Lipinski definition) is 4. The van der Waals surface area contributed by atoms with E-state index in [1.54, 1.807) is 37.5 Å². The third-order valence-electron chi connectivity index (χ3n) is 2.80. The second-order valence-electron chi connectivity index (χ2n) is 4.33. The number of benzene rings is 1. The number of carbonyl (C=O) groups is 1. The Hall–Kier alpha value is -2.76. The Balaban J connectivity index is 2.12. The molecule has 0 N–H and O–H groups in total. The van der Waals surface area contributed by atoms with Gasteiger partial charge in [-0.1, -0.05) is 12.1 Å². The highest BCUT2D eigenvalue weighted by Gasteiger charge is 2.13. The van der Waals surface area contributed by atoms with E-state index in [2.05, 4.69) is 4.98 Å². The summed E-state index contributed by atoms with van der Waals surface area (Å²) in [6, 6.07) is 9.61. The van der Waals surface area contributed by atoms with Gasteiger partial charge in [-0.05, 0) is 17.7 Å². The zero-order valence-electron chi connectivity index (χ0n) is 10.9. The average molecular weight is 271 g/mol. The number of nitrogens with zero attached hydrogens (tertiary/aromatic N) is 3. The SMILES string of the molecule is CN(Cc1cccc([N+](=O)[O-])c1)C(=O)c1cccnc1. The van der Waals surface area contributed by atoms with Crippen molar-refractivity contribution in [2.75, 3.05) is 7.05 Å². The summed E-state index contributed by atoms with van der Waals surface area (Å²) < 4.78 is 0. The van der Waals surface area contributed by atoms with Crippen LogP contribution in [-0.4, -0.2) is 27.8 Å². The van der Waals surface area contributed by atoms with E-state index in [0.717, 1.165) is 0 Å². The van der Waals surface area contributed by atoms with E-state index in [1.165, 1.54) is 23.2 Å². The maximum absolute atomic E-state index is 12.1. The molecular formula is C14H13N3O3. The molecule has 2 rings (SSSR count). The predicted octanol–water partition coefficient (Wildman–Crippen LogP) is 2.26. The first kappa shape index (κ1) is 13.7. The second-order valence-corrected chi connectivity index (χ2v) is 4.33. The summed E-state index contributed by atoms with van der Waals surface area (Å²) in [5.74, 6) is -0.176. The summed E-state index contributed by atoms with van der Waals surface area (Å²) in [6.45, 7) is 0.301. The zero-order valence-corrected chi connectivity index (χ0v) is 10.9. The molecule has 6 nitrogen and oxygen atoms in total. The standard InChI is InChI=1S/C14H13N3O3/c1-16(14(18)12-5-3-7-15-9-12)10-11-4-2-6-13(8-11)17(19)20/h2-9H,10H2,1H3. The lowest BCUT2D eigenvalue weighted by molar-refractivity contribution is -0.384. The number of nitro groups is 1. The van der Waals surface area contributed by atoms with Crippen LogP contribution in [0.4, 0.5) is 5.69 Å². The third kappa shape index (κ3) is 3.17. The normalized spacial score (nSPS) is 10.1. The van der Waals surface area contributed by atoms with Crippen LogP contribution >= 0.6 is 0 Å². The molecule has 20 heavy (non-hydrogen) atoms. The maximum atomic E-state index is 12.1. The molecule has 1 aromatic carbocycles. The smallest absolute Gasteiger partial charge is 0.269 e. The molecule has 6 heteroatoms. The Kier molecular flexibility index (Phi) is 4.05. The predicted molar refractivity (Wildman–Crippen MR) is 73.1 cm³/mol. The molecule has 0 spiro atoms. The first-order chi connectivity index (χ1) is 9.58. The Morgan fingerprint density at radius 1 is 1.35 bits per heavy atom. The van der Waals surface area contributed by atoms with Crippen molar-refractivity contribution in [2.45, 2.75) is 6.54 Å². The van der Waals surface area contributed by atoms with Gasteiger partial charge in [0.1, 0.15) is 0 Å². The van der Waals surface area contributed by atoms with E-state index in [-0.39, 0.29) is 11.6 Å². The molecule has 0 saturated heterocycles. The van der Waals surface area contributed by atoms with Crippen molar-refractivity contribution in [1.82, 2.24) is 9.88 Å². The highest BCUT2D eigenvalue weighted by molar-refractivity contribution is 5.93. The summed E-state index contributed by atoms with van der Waals surface area (Å²) in [5, 5.41) is 10.7. The lowest BCUT2D eigenvalue weighted by Crippen LogP contribution is -2.26. The molecule has 1 aromatic heterocycles. The largest absolute Gasteiger partial charge is 0.337 e.